The summed E-state index contributed by atoms with van der Waals surface area (Å²) in [5, 5.41) is 0. The molecule has 2 N–H and O–H groups in total. The monoisotopic (exact) mass is 277 g/mol. The smallest absolute Gasteiger partial charge is 0.248 e. The Hall–Kier alpha value is -3.15. The van der Waals surface area contributed by atoms with Gasteiger partial charge >= 0.3 is 0 Å². The first-order valence-electron chi connectivity index (χ1n) is 6.24. The Morgan fingerprint density at radius 2 is 1.33 bits per heavy atom. The van der Waals surface area contributed by atoms with Crippen LogP contribution in [0.25, 0.3) is 22.8 Å². The minimum absolute atomic E-state index is 0.386. The van der Waals surface area contributed by atoms with E-state index < -0.39 is 5.91 Å². The van der Waals surface area contributed by atoms with Gasteiger partial charge in [-0.15, -0.1) is 0 Å². The molecule has 1 amide bonds. The lowest BCUT2D eigenvalue weighted by molar-refractivity contribution is 0.100. The molecule has 0 aliphatic rings. The van der Waals surface area contributed by atoms with Gasteiger partial charge < -0.3 is 5.73 Å². The van der Waals surface area contributed by atoms with Crippen LogP contribution in [0.4, 0.5) is 0 Å². The molecule has 6 heteroatoms. The molecular weight excluding hydrogens is 266 g/mol. The van der Waals surface area contributed by atoms with Gasteiger partial charge in [0.15, 0.2) is 11.6 Å². The molecule has 1 aromatic carbocycles. The molecule has 21 heavy (non-hydrogen) atoms. The van der Waals surface area contributed by atoms with E-state index in [1.807, 2.05) is 0 Å². The van der Waals surface area contributed by atoms with Crippen molar-refractivity contribution >= 4 is 5.91 Å². The van der Waals surface area contributed by atoms with E-state index >= 15 is 0 Å². The number of amides is 1. The van der Waals surface area contributed by atoms with Crippen LogP contribution in [0, 0.1) is 0 Å². The van der Waals surface area contributed by atoms with E-state index in [0.717, 1.165) is 5.56 Å². The molecule has 2 aromatic heterocycles. The zero-order valence-electron chi connectivity index (χ0n) is 11.0. The van der Waals surface area contributed by atoms with Crippen LogP contribution in [-0.2, 0) is 0 Å². The van der Waals surface area contributed by atoms with E-state index in [-0.39, 0.29) is 0 Å². The number of carbonyl (C=O) groups excluding carboxylic acids is 1. The van der Waals surface area contributed by atoms with Gasteiger partial charge in [0.05, 0.1) is 0 Å². The number of carbonyl (C=O) groups is 1. The molecule has 102 valence electrons. The summed E-state index contributed by atoms with van der Waals surface area (Å²) in [5.41, 5.74) is 7.13. The minimum Gasteiger partial charge on any atom is -0.366 e. The summed E-state index contributed by atoms with van der Waals surface area (Å²) in [6.07, 6.45) is 6.57. The van der Waals surface area contributed by atoms with Crippen LogP contribution in [0.3, 0.4) is 0 Å². The number of nitrogens with zero attached hydrogens (tertiary/aromatic N) is 4. The molecule has 0 saturated heterocycles. The zero-order chi connectivity index (χ0) is 14.7. The Bertz CT molecular complexity index is 775. The first kappa shape index (κ1) is 12.9. The molecule has 0 radical (unpaired) electrons. The van der Waals surface area contributed by atoms with Gasteiger partial charge in [-0.3, -0.25) is 4.79 Å². The second-order valence-electron chi connectivity index (χ2n) is 4.27. The van der Waals surface area contributed by atoms with E-state index in [1.165, 1.54) is 0 Å². The van der Waals surface area contributed by atoms with Crippen LogP contribution in [0.5, 0.6) is 0 Å². The number of rotatable bonds is 3. The number of primary amides is 1. The van der Waals surface area contributed by atoms with Gasteiger partial charge in [-0.05, 0) is 30.3 Å². The van der Waals surface area contributed by atoms with Crippen molar-refractivity contribution < 1.29 is 4.79 Å². The van der Waals surface area contributed by atoms with Crippen molar-refractivity contribution in [1.29, 1.82) is 0 Å². The number of hydrogen-bond acceptors (Lipinski definition) is 5. The lowest BCUT2D eigenvalue weighted by Crippen LogP contribution is -2.11. The maximum Gasteiger partial charge on any atom is 0.248 e. The molecule has 0 unspecified atom stereocenters. The second-order valence-corrected chi connectivity index (χ2v) is 4.27. The Labute approximate surface area is 120 Å². The molecule has 3 rings (SSSR count). The normalized spacial score (nSPS) is 10.3. The molecule has 6 nitrogen and oxygen atoms in total. The fourth-order valence-electron chi connectivity index (χ4n) is 1.95. The number of hydrogen-bond donors (Lipinski definition) is 1. The van der Waals surface area contributed by atoms with Crippen molar-refractivity contribution in [3.8, 4) is 22.8 Å². The zero-order valence-corrected chi connectivity index (χ0v) is 11.0. The lowest BCUT2D eigenvalue weighted by atomic mass is 10.0. The van der Waals surface area contributed by atoms with Crippen LogP contribution in [-0.4, -0.2) is 25.8 Å². The fraction of sp³-hybridized carbons (Fsp3) is 0. The van der Waals surface area contributed by atoms with E-state index in [1.54, 1.807) is 55.1 Å². The molecule has 0 aliphatic carbocycles. The van der Waals surface area contributed by atoms with Crippen LogP contribution >= 0.6 is 0 Å². The van der Waals surface area contributed by atoms with Gasteiger partial charge in [-0.2, -0.15) is 0 Å². The molecule has 0 spiro atoms. The topological polar surface area (TPSA) is 94.7 Å². The summed E-state index contributed by atoms with van der Waals surface area (Å²) in [5.74, 6) is 0.520. The van der Waals surface area contributed by atoms with Gasteiger partial charge in [0.25, 0.3) is 0 Å². The van der Waals surface area contributed by atoms with Crippen LogP contribution in [0.2, 0.25) is 0 Å². The van der Waals surface area contributed by atoms with Crippen molar-refractivity contribution in [2.24, 2.45) is 5.73 Å². The number of nitrogens with two attached hydrogens (primary N) is 1. The first-order chi connectivity index (χ1) is 10.3. The van der Waals surface area contributed by atoms with Gasteiger partial charge in [-0.1, -0.05) is 0 Å². The third-order valence-electron chi connectivity index (χ3n) is 2.92. The minimum atomic E-state index is -0.507. The average molecular weight is 277 g/mol. The maximum atomic E-state index is 11.4. The summed E-state index contributed by atoms with van der Waals surface area (Å²) in [4.78, 5) is 28.3. The quantitative estimate of drug-likeness (QED) is 0.786. The predicted octanol–water partition coefficient (Wildman–Crippen LogP) is 1.70. The van der Waals surface area contributed by atoms with E-state index in [0.29, 0.717) is 22.8 Å². The Morgan fingerprint density at radius 1 is 0.810 bits per heavy atom. The molecule has 0 fully saturated rings. The summed E-state index contributed by atoms with van der Waals surface area (Å²) in [6, 6.07) is 8.51. The highest BCUT2D eigenvalue weighted by Crippen LogP contribution is 2.28. The third kappa shape index (κ3) is 2.59. The summed E-state index contributed by atoms with van der Waals surface area (Å²) >= 11 is 0. The Kier molecular flexibility index (Phi) is 3.34. The second kappa shape index (κ2) is 5.46. The maximum absolute atomic E-state index is 11.4. The van der Waals surface area contributed by atoms with Crippen LogP contribution < -0.4 is 5.73 Å². The van der Waals surface area contributed by atoms with E-state index in [9.17, 15) is 4.79 Å². The highest BCUT2D eigenvalue weighted by atomic mass is 16.1. The van der Waals surface area contributed by atoms with Crippen molar-refractivity contribution in [3.05, 3.63) is 60.7 Å². The molecule has 0 aliphatic heterocycles. The van der Waals surface area contributed by atoms with Crippen molar-refractivity contribution in [3.63, 3.8) is 0 Å². The first-order valence-corrected chi connectivity index (χ1v) is 6.24. The number of benzene rings is 1. The molecular formula is C15H11N5O. The highest BCUT2D eigenvalue weighted by Gasteiger charge is 2.14. The van der Waals surface area contributed by atoms with Gasteiger partial charge in [0, 0.05) is 41.5 Å². The molecule has 0 atom stereocenters. The summed E-state index contributed by atoms with van der Waals surface area (Å²) in [6.45, 7) is 0. The average Bonchev–Trinajstić information content (AvgIpc) is 2.56. The molecule has 0 saturated carbocycles. The van der Waals surface area contributed by atoms with Crippen molar-refractivity contribution in [2.75, 3.05) is 0 Å². The standard InChI is InChI=1S/C15H11N5O/c16-13(21)10-3-4-11(14-17-5-1-6-18-14)12(9-10)15-19-7-2-8-20-15/h1-9H,(H2,16,21). The van der Waals surface area contributed by atoms with Gasteiger partial charge in [0.1, 0.15) is 0 Å². The van der Waals surface area contributed by atoms with Crippen molar-refractivity contribution in [2.45, 2.75) is 0 Å². The van der Waals surface area contributed by atoms with Crippen molar-refractivity contribution in [1.82, 2.24) is 19.9 Å². The highest BCUT2D eigenvalue weighted by molar-refractivity contribution is 5.95. The summed E-state index contributed by atoms with van der Waals surface area (Å²) in [7, 11) is 0. The van der Waals surface area contributed by atoms with E-state index in [4.69, 9.17) is 5.73 Å². The molecule has 2 heterocycles. The summed E-state index contributed by atoms with van der Waals surface area (Å²) < 4.78 is 0. The SMILES string of the molecule is NC(=O)c1ccc(-c2ncccn2)c(-c2ncccn2)c1. The van der Waals surface area contributed by atoms with E-state index in [2.05, 4.69) is 19.9 Å². The fourth-order valence-corrected chi connectivity index (χ4v) is 1.95. The van der Waals surface area contributed by atoms with Crippen LogP contribution in [0.1, 0.15) is 10.4 Å². The molecule has 3 aromatic rings. The third-order valence-corrected chi connectivity index (χ3v) is 2.92. The van der Waals surface area contributed by atoms with Gasteiger partial charge in [0.2, 0.25) is 5.91 Å². The molecule has 0 bridgehead atoms. The van der Waals surface area contributed by atoms with Gasteiger partial charge in [-0.25, -0.2) is 19.9 Å². The largest absolute Gasteiger partial charge is 0.366 e. The predicted molar refractivity (Wildman–Crippen MR) is 77.0 cm³/mol. The van der Waals surface area contributed by atoms with Crippen LogP contribution in [0.15, 0.2) is 55.1 Å². The lowest BCUT2D eigenvalue weighted by Gasteiger charge is -2.08. The Balaban J connectivity index is 2.23. The number of aromatic nitrogens is 4. The Morgan fingerprint density at radius 3 is 1.86 bits per heavy atom.